The normalized spacial score (nSPS) is 18.9. The van der Waals surface area contributed by atoms with Crippen LogP contribution in [-0.4, -0.2) is 40.2 Å². The van der Waals surface area contributed by atoms with Gasteiger partial charge in [-0.1, -0.05) is 0 Å². The summed E-state index contributed by atoms with van der Waals surface area (Å²) in [5.41, 5.74) is 1.79. The third-order valence-corrected chi connectivity index (χ3v) is 4.51. The molecule has 1 aromatic heterocycles. The highest BCUT2D eigenvalue weighted by molar-refractivity contribution is 6.11. The van der Waals surface area contributed by atoms with Crippen LogP contribution in [0.5, 0.6) is 0 Å². The van der Waals surface area contributed by atoms with Gasteiger partial charge >= 0.3 is 0 Å². The molecule has 3 amide bonds. The molecule has 0 unspecified atom stereocenters. The highest BCUT2D eigenvalue weighted by Gasteiger charge is 2.38. The van der Waals surface area contributed by atoms with Gasteiger partial charge in [0, 0.05) is 24.6 Å². The molecule has 1 fully saturated rings. The number of amides is 3. The van der Waals surface area contributed by atoms with Crippen molar-refractivity contribution in [1.82, 2.24) is 9.88 Å². The van der Waals surface area contributed by atoms with Crippen LogP contribution in [0.2, 0.25) is 0 Å². The maximum absolute atomic E-state index is 12.8. The third-order valence-electron chi connectivity index (χ3n) is 4.51. The van der Waals surface area contributed by atoms with E-state index in [0.29, 0.717) is 35.5 Å². The van der Waals surface area contributed by atoms with Gasteiger partial charge in [0.05, 0.1) is 16.8 Å². The number of aromatic nitrogens is 1. The molecule has 25 heavy (non-hydrogen) atoms. The summed E-state index contributed by atoms with van der Waals surface area (Å²) >= 11 is 0. The first-order chi connectivity index (χ1) is 12.1. The second kappa shape index (κ2) is 6.01. The molecular weight excluding hydrogens is 320 g/mol. The van der Waals surface area contributed by atoms with Crippen molar-refractivity contribution in [2.45, 2.75) is 18.9 Å². The van der Waals surface area contributed by atoms with Gasteiger partial charge in [0.2, 0.25) is 5.91 Å². The first kappa shape index (κ1) is 15.3. The van der Waals surface area contributed by atoms with Crippen LogP contribution < -0.4 is 10.6 Å². The Morgan fingerprint density at radius 3 is 2.96 bits per heavy atom. The Hall–Kier alpha value is -3.22. The first-order valence-electron chi connectivity index (χ1n) is 8.11. The number of pyridine rings is 1. The van der Waals surface area contributed by atoms with Crippen LogP contribution in [0.15, 0.2) is 42.7 Å². The lowest BCUT2D eigenvalue weighted by Crippen LogP contribution is -2.40. The average Bonchev–Trinajstić information content (AvgIpc) is 3.09. The minimum atomic E-state index is -0.409. The highest BCUT2D eigenvalue weighted by atomic mass is 16.2. The van der Waals surface area contributed by atoms with E-state index in [9.17, 15) is 14.4 Å². The number of carbonyl (C=O) groups is 3. The summed E-state index contributed by atoms with van der Waals surface area (Å²) in [6.07, 6.45) is 4.55. The molecule has 1 aromatic carbocycles. The van der Waals surface area contributed by atoms with Gasteiger partial charge in [-0.15, -0.1) is 0 Å². The number of benzene rings is 1. The van der Waals surface area contributed by atoms with E-state index in [1.54, 1.807) is 41.4 Å². The van der Waals surface area contributed by atoms with Gasteiger partial charge < -0.3 is 15.5 Å². The Balaban J connectivity index is 1.64. The third kappa shape index (κ3) is 2.73. The fourth-order valence-corrected chi connectivity index (χ4v) is 3.26. The summed E-state index contributed by atoms with van der Waals surface area (Å²) < 4.78 is 0. The molecule has 1 atom stereocenters. The number of nitrogens with zero attached hydrogens (tertiary/aromatic N) is 2. The van der Waals surface area contributed by atoms with Gasteiger partial charge in [0.15, 0.2) is 0 Å². The van der Waals surface area contributed by atoms with Crippen LogP contribution >= 0.6 is 0 Å². The molecule has 4 rings (SSSR count). The second-order valence-corrected chi connectivity index (χ2v) is 6.10. The van der Waals surface area contributed by atoms with E-state index in [-0.39, 0.29) is 17.7 Å². The molecule has 0 aliphatic carbocycles. The molecule has 7 nitrogen and oxygen atoms in total. The van der Waals surface area contributed by atoms with Crippen molar-refractivity contribution in [3.8, 4) is 0 Å². The first-order valence-corrected chi connectivity index (χ1v) is 8.11. The molecule has 0 radical (unpaired) electrons. The summed E-state index contributed by atoms with van der Waals surface area (Å²) in [7, 11) is 0. The van der Waals surface area contributed by atoms with Crippen molar-refractivity contribution in [3.63, 3.8) is 0 Å². The topological polar surface area (TPSA) is 91.4 Å². The predicted octanol–water partition coefficient (Wildman–Crippen LogP) is 1.89. The van der Waals surface area contributed by atoms with Crippen LogP contribution in [0.3, 0.4) is 0 Å². The molecule has 3 heterocycles. The van der Waals surface area contributed by atoms with E-state index in [0.717, 1.165) is 6.42 Å². The van der Waals surface area contributed by atoms with E-state index in [1.807, 2.05) is 0 Å². The Morgan fingerprint density at radius 1 is 1.28 bits per heavy atom. The lowest BCUT2D eigenvalue weighted by Gasteiger charge is -2.20. The van der Waals surface area contributed by atoms with Gasteiger partial charge in [-0.2, -0.15) is 0 Å². The Kier molecular flexibility index (Phi) is 3.68. The van der Waals surface area contributed by atoms with Crippen LogP contribution in [0, 0.1) is 0 Å². The maximum atomic E-state index is 12.8. The van der Waals surface area contributed by atoms with Gasteiger partial charge in [-0.3, -0.25) is 19.4 Å². The van der Waals surface area contributed by atoms with Crippen molar-refractivity contribution >= 4 is 29.1 Å². The molecule has 2 aromatic rings. The Bertz CT molecular complexity index is 866. The number of hydrogen-bond donors (Lipinski definition) is 2. The van der Waals surface area contributed by atoms with E-state index in [1.165, 1.54) is 6.20 Å². The Morgan fingerprint density at radius 2 is 2.16 bits per heavy atom. The smallest absolute Gasteiger partial charge is 0.257 e. The van der Waals surface area contributed by atoms with Crippen molar-refractivity contribution in [2.75, 3.05) is 17.2 Å². The Labute approximate surface area is 144 Å². The lowest BCUT2D eigenvalue weighted by atomic mass is 10.1. The summed E-state index contributed by atoms with van der Waals surface area (Å²) in [4.78, 5) is 42.8. The number of rotatable bonds is 2. The van der Waals surface area contributed by atoms with E-state index in [2.05, 4.69) is 15.6 Å². The SMILES string of the molecule is O=C(Nc1ccc2c(c1)C(=O)N1CCC[C@@H]1C(=O)N2)c1cccnc1. The standard InChI is InChI=1S/C18H16N4O3/c23-16(11-3-1-7-19-10-11)20-12-5-6-14-13(9-12)18(25)22-8-2-4-15(22)17(24)21-14/h1,3,5-7,9-10,15H,2,4,8H2,(H,20,23)(H,21,24)/t15-/m1/s1. The van der Waals surface area contributed by atoms with E-state index in [4.69, 9.17) is 0 Å². The van der Waals surface area contributed by atoms with Crippen LogP contribution in [0.25, 0.3) is 0 Å². The number of anilines is 2. The molecule has 0 saturated carbocycles. The maximum Gasteiger partial charge on any atom is 0.257 e. The number of nitrogens with one attached hydrogen (secondary N) is 2. The lowest BCUT2D eigenvalue weighted by molar-refractivity contribution is -0.119. The van der Waals surface area contributed by atoms with Crippen molar-refractivity contribution < 1.29 is 14.4 Å². The summed E-state index contributed by atoms with van der Waals surface area (Å²) in [5, 5.41) is 5.57. The van der Waals surface area contributed by atoms with Crippen molar-refractivity contribution in [2.24, 2.45) is 0 Å². The monoisotopic (exact) mass is 336 g/mol. The van der Waals surface area contributed by atoms with Crippen LogP contribution in [0.4, 0.5) is 11.4 Å². The van der Waals surface area contributed by atoms with E-state index < -0.39 is 6.04 Å². The van der Waals surface area contributed by atoms with Crippen molar-refractivity contribution in [1.29, 1.82) is 0 Å². The summed E-state index contributed by atoms with van der Waals surface area (Å²) in [6.45, 7) is 0.572. The van der Waals surface area contributed by atoms with Gasteiger partial charge in [-0.05, 0) is 43.2 Å². The van der Waals surface area contributed by atoms with E-state index >= 15 is 0 Å². The zero-order valence-electron chi connectivity index (χ0n) is 13.4. The molecule has 2 aliphatic rings. The van der Waals surface area contributed by atoms with Gasteiger partial charge in [-0.25, -0.2) is 0 Å². The zero-order chi connectivity index (χ0) is 17.4. The van der Waals surface area contributed by atoms with Crippen molar-refractivity contribution in [3.05, 3.63) is 53.9 Å². The summed E-state index contributed by atoms with van der Waals surface area (Å²) in [5.74, 6) is -0.651. The average molecular weight is 336 g/mol. The molecule has 2 N–H and O–H groups in total. The van der Waals surface area contributed by atoms with Gasteiger partial charge in [0.25, 0.3) is 11.8 Å². The number of carbonyl (C=O) groups excluding carboxylic acids is 3. The van der Waals surface area contributed by atoms with Crippen LogP contribution in [0.1, 0.15) is 33.6 Å². The quantitative estimate of drug-likeness (QED) is 0.876. The highest BCUT2D eigenvalue weighted by Crippen LogP contribution is 2.30. The molecular formula is C18H16N4O3. The molecule has 1 saturated heterocycles. The number of hydrogen-bond acceptors (Lipinski definition) is 4. The largest absolute Gasteiger partial charge is 0.327 e. The minimum Gasteiger partial charge on any atom is -0.327 e. The fourth-order valence-electron chi connectivity index (χ4n) is 3.26. The molecule has 7 heteroatoms. The zero-order valence-corrected chi connectivity index (χ0v) is 13.4. The summed E-state index contributed by atoms with van der Waals surface area (Å²) in [6, 6.07) is 7.84. The molecule has 2 aliphatic heterocycles. The molecule has 0 bridgehead atoms. The molecule has 126 valence electrons. The van der Waals surface area contributed by atoms with Crippen LogP contribution in [-0.2, 0) is 4.79 Å². The molecule has 0 spiro atoms. The predicted molar refractivity (Wildman–Crippen MR) is 91.3 cm³/mol. The number of fused-ring (bicyclic) bond motifs is 2. The second-order valence-electron chi connectivity index (χ2n) is 6.10. The fraction of sp³-hybridized carbons (Fsp3) is 0.222. The minimum absolute atomic E-state index is 0.156. The van der Waals surface area contributed by atoms with Gasteiger partial charge in [0.1, 0.15) is 6.04 Å².